The van der Waals surface area contributed by atoms with E-state index in [1.807, 2.05) is 72.8 Å². The minimum Gasteiger partial charge on any atom is -1.00 e. The van der Waals surface area contributed by atoms with Crippen LogP contribution >= 0.6 is 0 Å². The van der Waals surface area contributed by atoms with Gasteiger partial charge in [0.1, 0.15) is 0 Å². The van der Waals surface area contributed by atoms with Gasteiger partial charge in [-0.1, -0.05) is 86.9 Å². The van der Waals surface area contributed by atoms with Gasteiger partial charge >= 0.3 is 34.7 Å². The summed E-state index contributed by atoms with van der Waals surface area (Å²) in [5.74, 6) is 0. The summed E-state index contributed by atoms with van der Waals surface area (Å²) in [4.78, 5) is 8.11. The van der Waals surface area contributed by atoms with Crippen molar-refractivity contribution >= 4 is 43.4 Å². The predicted molar refractivity (Wildman–Crippen MR) is 170 cm³/mol. The monoisotopic (exact) mass is 688 g/mol. The molecule has 0 aliphatic rings. The van der Waals surface area contributed by atoms with Crippen molar-refractivity contribution in [3.8, 4) is 0 Å². The largest absolute Gasteiger partial charge is 3.00 e. The Morgan fingerprint density at radius 2 is 0.795 bits per heavy atom. The minimum absolute atomic E-state index is 0. The second-order valence-electron chi connectivity index (χ2n) is 9.59. The summed E-state index contributed by atoms with van der Waals surface area (Å²) in [6.07, 6.45) is 5.57. The summed E-state index contributed by atoms with van der Waals surface area (Å²) < 4.78 is 0. The van der Waals surface area contributed by atoms with Gasteiger partial charge in [-0.2, -0.15) is 36.4 Å². The van der Waals surface area contributed by atoms with Gasteiger partial charge in [-0.05, 0) is 11.0 Å². The number of hydrogen-bond donors (Lipinski definition) is 0. The summed E-state index contributed by atoms with van der Waals surface area (Å²) in [6, 6.07) is 49.3. The Morgan fingerprint density at radius 1 is 0.455 bits per heavy atom. The van der Waals surface area contributed by atoms with Crippen molar-refractivity contribution in [1.82, 2.24) is 9.97 Å². The Bertz CT molecular complexity index is 1620. The molecule has 0 aliphatic carbocycles. The third-order valence-corrected chi connectivity index (χ3v) is 6.44. The molecule has 8 aromatic rings. The van der Waals surface area contributed by atoms with Crippen LogP contribution in [-0.2, 0) is 34.7 Å². The summed E-state index contributed by atoms with van der Waals surface area (Å²) in [5, 5.41) is 7.72. The van der Waals surface area contributed by atoms with Gasteiger partial charge in [0.15, 0.2) is 0 Å². The van der Waals surface area contributed by atoms with Crippen molar-refractivity contribution in [1.29, 1.82) is 0 Å². The number of aromatic nitrogens is 2. The zero-order chi connectivity index (χ0) is 27.6. The maximum absolute atomic E-state index is 4.06. The topological polar surface area (TPSA) is 25.8 Å². The average Bonchev–Trinajstić information content (AvgIpc) is 3.59. The van der Waals surface area contributed by atoms with Crippen LogP contribution in [0.25, 0.3) is 43.4 Å². The van der Waals surface area contributed by atoms with Crippen molar-refractivity contribution in [2.24, 2.45) is 0 Å². The number of aryl methyl sites for hydroxylation is 2. The van der Waals surface area contributed by atoms with Gasteiger partial charge in [-0.3, -0.25) is 0 Å². The van der Waals surface area contributed by atoms with Crippen LogP contribution in [-0.4, -0.2) is 9.97 Å². The fraction of sp³-hybridized carbons (Fsp3) is 0.0526. The first kappa shape index (κ1) is 38.6. The standard InChI is InChI=1S/2C10H9.2C9H6N.2ClH.2Cr/c2*1-8-6-9-4-2-3-5-10(9)7-8;2*1-2-6-9-8(4-1)5-3-7-10-9;;;;/h2*2-7H,1H3;2*1-6H;2*1H;;/q4*-1;;;2*+3/p-2. The molecular weight excluding hydrogens is 659 g/mol. The molecule has 0 atom stereocenters. The Kier molecular flexibility index (Phi) is 17.3. The molecule has 2 nitrogen and oxygen atoms in total. The van der Waals surface area contributed by atoms with Crippen LogP contribution in [0.2, 0.25) is 0 Å². The van der Waals surface area contributed by atoms with Crippen LogP contribution in [0.1, 0.15) is 11.1 Å². The van der Waals surface area contributed by atoms with Gasteiger partial charge in [0, 0.05) is 0 Å². The summed E-state index contributed by atoms with van der Waals surface area (Å²) in [6.45, 7) is 4.25. The van der Waals surface area contributed by atoms with Gasteiger partial charge < -0.3 is 34.8 Å². The molecule has 0 aliphatic heterocycles. The van der Waals surface area contributed by atoms with Crippen molar-refractivity contribution < 1.29 is 59.5 Å². The van der Waals surface area contributed by atoms with E-state index in [-0.39, 0.29) is 59.5 Å². The smallest absolute Gasteiger partial charge is 1.00 e. The third-order valence-electron chi connectivity index (χ3n) is 6.44. The Balaban J connectivity index is 0.000000285. The second-order valence-corrected chi connectivity index (χ2v) is 9.59. The Morgan fingerprint density at radius 3 is 1.16 bits per heavy atom. The molecule has 2 radical (unpaired) electrons. The van der Waals surface area contributed by atoms with Gasteiger partial charge in [-0.25, -0.2) is 0 Å². The molecular formula is C38H30Cl2Cr2N2. The maximum Gasteiger partial charge on any atom is 3.00 e. The van der Waals surface area contributed by atoms with Crippen molar-refractivity contribution in [3.05, 3.63) is 169 Å². The number of benzene rings is 4. The summed E-state index contributed by atoms with van der Waals surface area (Å²) in [7, 11) is 0. The Hall–Kier alpha value is -3.44. The molecule has 0 fully saturated rings. The van der Waals surface area contributed by atoms with Gasteiger partial charge in [0.05, 0.1) is 0 Å². The molecule has 0 N–H and O–H groups in total. The second kappa shape index (κ2) is 19.8. The molecule has 2 heterocycles. The van der Waals surface area contributed by atoms with Crippen LogP contribution in [0.15, 0.2) is 146 Å². The molecule has 218 valence electrons. The van der Waals surface area contributed by atoms with E-state index in [2.05, 4.69) is 109 Å². The van der Waals surface area contributed by atoms with Gasteiger partial charge in [0.25, 0.3) is 0 Å². The number of para-hydroxylation sites is 2. The van der Waals surface area contributed by atoms with Crippen molar-refractivity contribution in [2.45, 2.75) is 13.8 Å². The fourth-order valence-corrected chi connectivity index (χ4v) is 4.54. The van der Waals surface area contributed by atoms with E-state index >= 15 is 0 Å². The van der Waals surface area contributed by atoms with Crippen molar-refractivity contribution in [2.75, 3.05) is 0 Å². The molecule has 6 aromatic carbocycles. The molecule has 0 saturated heterocycles. The molecule has 8 rings (SSSR count). The quantitative estimate of drug-likeness (QED) is 0.227. The molecule has 44 heavy (non-hydrogen) atoms. The van der Waals surface area contributed by atoms with E-state index in [1.54, 1.807) is 0 Å². The molecule has 0 spiro atoms. The van der Waals surface area contributed by atoms with Crippen LogP contribution in [0, 0.1) is 26.2 Å². The Labute approximate surface area is 294 Å². The van der Waals surface area contributed by atoms with E-state index in [1.165, 1.54) is 43.4 Å². The molecule has 0 amide bonds. The van der Waals surface area contributed by atoms with Gasteiger partial charge in [-0.15, -0.1) is 92.0 Å². The number of fused-ring (bicyclic) bond motifs is 4. The maximum atomic E-state index is 4.06. The van der Waals surface area contributed by atoms with E-state index in [0.717, 1.165) is 11.0 Å². The van der Waals surface area contributed by atoms with E-state index < -0.39 is 0 Å². The van der Waals surface area contributed by atoms with E-state index in [0.29, 0.717) is 0 Å². The number of hydrogen-bond acceptors (Lipinski definition) is 2. The molecule has 0 bridgehead atoms. The average molecular weight is 690 g/mol. The number of halogens is 2. The molecule has 6 heteroatoms. The summed E-state index contributed by atoms with van der Waals surface area (Å²) >= 11 is 0. The van der Waals surface area contributed by atoms with Gasteiger partial charge in [0.2, 0.25) is 0 Å². The van der Waals surface area contributed by atoms with E-state index in [4.69, 9.17) is 0 Å². The number of nitrogens with zero attached hydrogens (tertiary/aromatic N) is 2. The van der Waals surface area contributed by atoms with Crippen LogP contribution in [0.5, 0.6) is 0 Å². The third kappa shape index (κ3) is 10.9. The van der Waals surface area contributed by atoms with Crippen LogP contribution < -0.4 is 24.8 Å². The van der Waals surface area contributed by atoms with Crippen LogP contribution in [0.4, 0.5) is 0 Å². The SMILES string of the molecule is Cc1cc2ccccc2[cH-]1.Cc1cc2ccccc2[cH-]1.[Cl-].[Cl-].[Cr+3].[Cr+3].[c-]1ccc2ccccc2n1.[c-]1ccc2ccccc2n1. The molecule has 0 unspecified atom stereocenters. The zero-order valence-corrected chi connectivity index (χ0v) is 28.4. The first-order valence-corrected chi connectivity index (χ1v) is 13.3. The number of pyridine rings is 2. The minimum atomic E-state index is 0. The fourth-order valence-electron chi connectivity index (χ4n) is 4.54. The van der Waals surface area contributed by atoms with Crippen molar-refractivity contribution in [3.63, 3.8) is 0 Å². The van der Waals surface area contributed by atoms with E-state index in [9.17, 15) is 0 Å². The first-order valence-electron chi connectivity index (χ1n) is 13.3. The normalized spacial score (nSPS) is 9.32. The molecule has 0 saturated carbocycles. The molecule has 2 aromatic heterocycles. The number of rotatable bonds is 0. The summed E-state index contributed by atoms with van der Waals surface area (Å²) in [5.41, 5.74) is 4.71. The zero-order valence-electron chi connectivity index (χ0n) is 24.3. The van der Waals surface area contributed by atoms with Crippen LogP contribution in [0.3, 0.4) is 0 Å². The first-order chi connectivity index (χ1) is 19.7. The predicted octanol–water partition coefficient (Wildman–Crippen LogP) is 3.81.